The van der Waals surface area contributed by atoms with Crippen LogP contribution < -0.4 is 5.48 Å². The molecule has 0 atom stereocenters. The van der Waals surface area contributed by atoms with Gasteiger partial charge >= 0.3 is 0 Å². The number of fused-ring (bicyclic) bond motifs is 2. The van der Waals surface area contributed by atoms with E-state index in [-0.39, 0.29) is 0 Å². The number of hydrogen-bond donors (Lipinski definition) is 1. The Morgan fingerprint density at radius 3 is 2.83 bits per heavy atom. The minimum absolute atomic E-state index is 0.490. The molecule has 6 nitrogen and oxygen atoms in total. The van der Waals surface area contributed by atoms with Crippen molar-refractivity contribution < 1.29 is 4.84 Å². The average Bonchev–Trinajstić information content (AvgIpc) is 3.05. The molecule has 4 rings (SSSR count). The maximum atomic E-state index is 5.75. The van der Waals surface area contributed by atoms with E-state index in [4.69, 9.17) is 9.82 Å². The van der Waals surface area contributed by atoms with E-state index in [1.54, 1.807) is 4.52 Å². The second-order valence-electron chi connectivity index (χ2n) is 5.78. The Kier molecular flexibility index (Phi) is 4.36. The van der Waals surface area contributed by atoms with E-state index in [2.05, 4.69) is 15.6 Å². The molecule has 1 aromatic carbocycles. The van der Waals surface area contributed by atoms with Crippen molar-refractivity contribution in [3.63, 3.8) is 0 Å². The van der Waals surface area contributed by atoms with Gasteiger partial charge in [0.2, 0.25) is 5.16 Å². The average molecular weight is 341 g/mol. The summed E-state index contributed by atoms with van der Waals surface area (Å²) in [6.45, 7) is 0.490. The van der Waals surface area contributed by atoms with Gasteiger partial charge in [-0.05, 0) is 37.5 Å². The van der Waals surface area contributed by atoms with Crippen LogP contribution in [0.5, 0.6) is 0 Å². The number of aromatic nitrogens is 4. The molecule has 1 aliphatic rings. The quantitative estimate of drug-likeness (QED) is 0.568. The molecule has 0 saturated carbocycles. The van der Waals surface area contributed by atoms with Gasteiger partial charge in [-0.3, -0.25) is 4.84 Å². The molecule has 2 aromatic heterocycles. The lowest BCUT2D eigenvalue weighted by atomic mass is 9.96. The van der Waals surface area contributed by atoms with Crippen molar-refractivity contribution in [3.05, 3.63) is 47.2 Å². The van der Waals surface area contributed by atoms with Gasteiger partial charge in [0.15, 0.2) is 5.82 Å². The lowest BCUT2D eigenvalue weighted by molar-refractivity contribution is 0.177. The van der Waals surface area contributed by atoms with Crippen LogP contribution in [-0.2, 0) is 24.3 Å². The molecular formula is C17H19N5OS. The first-order valence-electron chi connectivity index (χ1n) is 8.09. The molecule has 0 amide bonds. The number of benzene rings is 1. The van der Waals surface area contributed by atoms with Crippen molar-refractivity contribution in [2.24, 2.45) is 0 Å². The minimum atomic E-state index is 0.490. The predicted octanol–water partition coefficient (Wildman–Crippen LogP) is 3.27. The zero-order chi connectivity index (χ0) is 16.4. The van der Waals surface area contributed by atoms with Crippen molar-refractivity contribution >= 4 is 23.4 Å². The standard InChI is InChI=1S/C17H19N5OS/c1-24-17-19-16-18-14-10-6-5-9-13(14)15(22(16)20-17)21-23-11-12-7-3-2-4-8-12/h2-4,7-8,21H,5-6,9-11H2,1H3. The van der Waals surface area contributed by atoms with Crippen molar-refractivity contribution in [2.75, 3.05) is 11.7 Å². The van der Waals surface area contributed by atoms with Gasteiger partial charge < -0.3 is 0 Å². The molecule has 0 spiro atoms. The van der Waals surface area contributed by atoms with Crippen LogP contribution in [0.1, 0.15) is 29.7 Å². The van der Waals surface area contributed by atoms with Gasteiger partial charge in [0.05, 0.1) is 12.3 Å². The van der Waals surface area contributed by atoms with E-state index in [0.29, 0.717) is 12.4 Å². The maximum absolute atomic E-state index is 5.75. The van der Waals surface area contributed by atoms with E-state index < -0.39 is 0 Å². The predicted molar refractivity (Wildman–Crippen MR) is 94.1 cm³/mol. The summed E-state index contributed by atoms with van der Waals surface area (Å²) in [5.74, 6) is 1.49. The molecule has 24 heavy (non-hydrogen) atoms. The molecule has 0 unspecified atom stereocenters. The van der Waals surface area contributed by atoms with Crippen LogP contribution in [0.2, 0.25) is 0 Å². The van der Waals surface area contributed by atoms with E-state index in [0.717, 1.165) is 41.5 Å². The van der Waals surface area contributed by atoms with Gasteiger partial charge in [0.1, 0.15) is 0 Å². The summed E-state index contributed by atoms with van der Waals surface area (Å²) in [6.07, 6.45) is 6.28. The molecule has 0 bridgehead atoms. The Bertz CT molecular complexity index is 849. The minimum Gasteiger partial charge on any atom is -0.270 e. The lowest BCUT2D eigenvalue weighted by Gasteiger charge is -2.19. The third-order valence-electron chi connectivity index (χ3n) is 4.18. The van der Waals surface area contributed by atoms with Crippen LogP contribution in [-0.4, -0.2) is 25.8 Å². The fraction of sp³-hybridized carbons (Fsp3) is 0.353. The number of aryl methyl sites for hydroxylation is 1. The van der Waals surface area contributed by atoms with E-state index in [9.17, 15) is 0 Å². The molecular weight excluding hydrogens is 322 g/mol. The normalized spacial score (nSPS) is 13.9. The number of nitrogens with zero attached hydrogens (tertiary/aromatic N) is 4. The van der Waals surface area contributed by atoms with Crippen LogP contribution in [0.15, 0.2) is 35.5 Å². The Labute approximate surface area is 144 Å². The topological polar surface area (TPSA) is 64.3 Å². The summed E-state index contributed by atoms with van der Waals surface area (Å²) >= 11 is 1.51. The fourth-order valence-electron chi connectivity index (χ4n) is 2.98. The highest BCUT2D eigenvalue weighted by molar-refractivity contribution is 7.98. The molecule has 0 saturated heterocycles. The van der Waals surface area contributed by atoms with Crippen molar-refractivity contribution in [1.82, 2.24) is 19.6 Å². The van der Waals surface area contributed by atoms with Crippen LogP contribution in [0.3, 0.4) is 0 Å². The third-order valence-corrected chi connectivity index (χ3v) is 4.71. The molecule has 2 heterocycles. The third kappa shape index (κ3) is 2.97. The summed E-state index contributed by atoms with van der Waals surface area (Å²) in [7, 11) is 0. The van der Waals surface area contributed by atoms with Crippen LogP contribution >= 0.6 is 11.8 Å². The van der Waals surface area contributed by atoms with Gasteiger partial charge in [-0.15, -0.1) is 5.10 Å². The number of thioether (sulfide) groups is 1. The highest BCUT2D eigenvalue weighted by Crippen LogP contribution is 2.28. The number of anilines is 1. The van der Waals surface area contributed by atoms with Crippen LogP contribution in [0.25, 0.3) is 5.78 Å². The monoisotopic (exact) mass is 341 g/mol. The molecule has 0 radical (unpaired) electrons. The van der Waals surface area contributed by atoms with Crippen LogP contribution in [0, 0.1) is 0 Å². The van der Waals surface area contributed by atoms with Gasteiger partial charge in [0, 0.05) is 5.56 Å². The Hall–Kier alpha value is -2.12. The summed E-state index contributed by atoms with van der Waals surface area (Å²) in [4.78, 5) is 14.9. The lowest BCUT2D eigenvalue weighted by Crippen LogP contribution is -2.16. The number of hydrogen-bond acceptors (Lipinski definition) is 6. The van der Waals surface area contributed by atoms with Gasteiger partial charge in [0.25, 0.3) is 5.78 Å². The molecule has 1 aliphatic carbocycles. The molecule has 7 heteroatoms. The first-order chi connectivity index (χ1) is 11.8. The maximum Gasteiger partial charge on any atom is 0.255 e. The Morgan fingerprint density at radius 1 is 1.17 bits per heavy atom. The van der Waals surface area contributed by atoms with Crippen molar-refractivity contribution in [2.45, 2.75) is 37.4 Å². The molecule has 124 valence electrons. The number of nitrogens with one attached hydrogen (secondary N) is 1. The molecule has 0 fully saturated rings. The second kappa shape index (κ2) is 6.78. The zero-order valence-corrected chi connectivity index (χ0v) is 14.3. The molecule has 3 aromatic rings. The van der Waals surface area contributed by atoms with Gasteiger partial charge in [-0.2, -0.15) is 9.50 Å². The van der Waals surface area contributed by atoms with E-state index in [1.165, 1.54) is 23.7 Å². The fourth-order valence-corrected chi connectivity index (χ4v) is 3.31. The van der Waals surface area contributed by atoms with E-state index in [1.807, 2.05) is 36.6 Å². The summed E-state index contributed by atoms with van der Waals surface area (Å²) < 4.78 is 1.76. The first-order valence-corrected chi connectivity index (χ1v) is 9.32. The zero-order valence-electron chi connectivity index (χ0n) is 13.5. The summed E-state index contributed by atoms with van der Waals surface area (Å²) in [5.41, 5.74) is 6.54. The van der Waals surface area contributed by atoms with Crippen molar-refractivity contribution in [1.29, 1.82) is 0 Å². The Morgan fingerprint density at radius 2 is 2.00 bits per heavy atom. The summed E-state index contributed by atoms with van der Waals surface area (Å²) in [6, 6.07) is 10.1. The smallest absolute Gasteiger partial charge is 0.255 e. The largest absolute Gasteiger partial charge is 0.270 e. The van der Waals surface area contributed by atoms with E-state index >= 15 is 0 Å². The molecule has 1 N–H and O–H groups in total. The highest BCUT2D eigenvalue weighted by atomic mass is 32.2. The van der Waals surface area contributed by atoms with Crippen LogP contribution in [0.4, 0.5) is 5.82 Å². The van der Waals surface area contributed by atoms with Crippen molar-refractivity contribution in [3.8, 4) is 0 Å². The summed E-state index contributed by atoms with van der Waals surface area (Å²) in [5, 5.41) is 5.25. The first kappa shape index (κ1) is 15.4. The second-order valence-corrected chi connectivity index (χ2v) is 6.55. The SMILES string of the molecule is CSc1nc2nc3c(c(NOCc4ccccc4)n2n1)CCCC3. The van der Waals surface area contributed by atoms with Gasteiger partial charge in [-0.25, -0.2) is 10.5 Å². The number of rotatable bonds is 5. The Balaban J connectivity index is 1.65. The highest BCUT2D eigenvalue weighted by Gasteiger charge is 2.20. The molecule has 0 aliphatic heterocycles. The van der Waals surface area contributed by atoms with Gasteiger partial charge in [-0.1, -0.05) is 42.1 Å².